The van der Waals surface area contributed by atoms with Gasteiger partial charge < -0.3 is 4.74 Å². The first-order valence-electron chi connectivity index (χ1n) is 7.03. The molecule has 0 saturated carbocycles. The van der Waals surface area contributed by atoms with E-state index in [9.17, 15) is 0 Å². The summed E-state index contributed by atoms with van der Waals surface area (Å²) in [5.41, 5.74) is 2.72. The zero-order valence-electron chi connectivity index (χ0n) is 11.2. The number of hydrogen-bond donors (Lipinski definition) is 0. The van der Waals surface area contributed by atoms with Crippen molar-refractivity contribution in [2.75, 3.05) is 5.88 Å². The van der Waals surface area contributed by atoms with Gasteiger partial charge in [-0.3, -0.25) is 0 Å². The number of fused-ring (bicyclic) bond motifs is 3. The van der Waals surface area contributed by atoms with Crippen LogP contribution in [0.4, 0.5) is 0 Å². The largest absolute Gasteiger partial charge is 0.373 e. The van der Waals surface area contributed by atoms with E-state index >= 15 is 0 Å². The fourth-order valence-corrected chi connectivity index (χ4v) is 3.48. The summed E-state index contributed by atoms with van der Waals surface area (Å²) in [5, 5.41) is 2.59. The fourth-order valence-electron chi connectivity index (χ4n) is 3.12. The molecule has 0 aliphatic carbocycles. The Balaban J connectivity index is 2.10. The van der Waals surface area contributed by atoms with Crippen molar-refractivity contribution in [3.05, 3.63) is 47.5 Å². The molecular weight excluding hydrogens is 256 g/mol. The van der Waals surface area contributed by atoms with E-state index in [0.717, 1.165) is 19.4 Å². The van der Waals surface area contributed by atoms with E-state index in [-0.39, 0.29) is 6.10 Å². The molecule has 2 atom stereocenters. The van der Waals surface area contributed by atoms with Crippen LogP contribution in [0.2, 0.25) is 0 Å². The molecule has 2 aromatic carbocycles. The van der Waals surface area contributed by atoms with Crippen molar-refractivity contribution in [2.45, 2.75) is 38.4 Å². The van der Waals surface area contributed by atoms with Gasteiger partial charge in [0.1, 0.15) is 0 Å². The van der Waals surface area contributed by atoms with Gasteiger partial charge in [0.2, 0.25) is 0 Å². The first-order chi connectivity index (χ1) is 9.35. The van der Waals surface area contributed by atoms with E-state index in [1.54, 1.807) is 0 Å². The predicted octanol–water partition coefficient (Wildman–Crippen LogP) is 4.86. The third kappa shape index (κ3) is 2.26. The first-order valence-corrected chi connectivity index (χ1v) is 7.56. The van der Waals surface area contributed by atoms with Crippen LogP contribution in [0.3, 0.4) is 0 Å². The molecule has 0 bridgehead atoms. The Labute approximate surface area is 119 Å². The van der Waals surface area contributed by atoms with E-state index in [0.29, 0.717) is 11.8 Å². The first kappa shape index (κ1) is 13.0. The van der Waals surface area contributed by atoms with Crippen LogP contribution in [0.15, 0.2) is 36.4 Å². The molecule has 19 heavy (non-hydrogen) atoms. The topological polar surface area (TPSA) is 9.23 Å². The molecule has 0 amide bonds. The molecule has 1 aliphatic heterocycles. The minimum absolute atomic E-state index is 0.274. The third-order valence-electron chi connectivity index (χ3n) is 4.11. The maximum atomic E-state index is 6.21. The highest BCUT2D eigenvalue weighted by Gasteiger charge is 2.29. The molecule has 0 fully saturated rings. The number of ether oxygens (including phenoxy) is 1. The lowest BCUT2D eigenvalue weighted by molar-refractivity contribution is 0.00772. The summed E-state index contributed by atoms with van der Waals surface area (Å²) < 4.78 is 6.07. The average molecular weight is 275 g/mol. The quantitative estimate of drug-likeness (QED) is 0.726. The zero-order chi connectivity index (χ0) is 13.2. The van der Waals surface area contributed by atoms with Crippen LogP contribution >= 0.6 is 11.6 Å². The molecule has 2 aromatic rings. The smallest absolute Gasteiger partial charge is 0.0729 e. The molecule has 1 aliphatic rings. The number of alkyl halides is 1. The zero-order valence-corrected chi connectivity index (χ0v) is 12.0. The second-order valence-electron chi connectivity index (χ2n) is 5.25. The van der Waals surface area contributed by atoms with Crippen LogP contribution in [-0.2, 0) is 11.3 Å². The monoisotopic (exact) mass is 274 g/mol. The average Bonchev–Trinajstić information content (AvgIpc) is 2.47. The van der Waals surface area contributed by atoms with E-state index in [1.165, 1.54) is 21.9 Å². The SMILES string of the molecule is CCC[C@H]1OCc2c(ccc3ccccc23)[C@H]1CCl. The van der Waals surface area contributed by atoms with Gasteiger partial charge in [-0.25, -0.2) is 0 Å². The van der Waals surface area contributed by atoms with Gasteiger partial charge in [-0.15, -0.1) is 11.6 Å². The second kappa shape index (κ2) is 5.52. The number of rotatable bonds is 3. The Bertz CT molecular complexity index is 578. The maximum Gasteiger partial charge on any atom is 0.0729 e. The summed E-state index contributed by atoms with van der Waals surface area (Å²) in [6, 6.07) is 13.0. The third-order valence-corrected chi connectivity index (χ3v) is 4.44. The lowest BCUT2D eigenvalue weighted by Gasteiger charge is -2.33. The number of hydrogen-bond acceptors (Lipinski definition) is 1. The molecule has 3 rings (SSSR count). The second-order valence-corrected chi connectivity index (χ2v) is 5.56. The Morgan fingerprint density at radius 3 is 2.84 bits per heavy atom. The molecular formula is C17H19ClO. The van der Waals surface area contributed by atoms with Crippen molar-refractivity contribution >= 4 is 22.4 Å². The van der Waals surface area contributed by atoms with Crippen LogP contribution in [0.1, 0.15) is 36.8 Å². The van der Waals surface area contributed by atoms with Gasteiger partial charge >= 0.3 is 0 Å². The Hall–Kier alpha value is -1.05. The lowest BCUT2D eigenvalue weighted by atomic mass is 9.85. The van der Waals surface area contributed by atoms with Crippen molar-refractivity contribution < 1.29 is 4.74 Å². The van der Waals surface area contributed by atoms with Gasteiger partial charge in [0.25, 0.3) is 0 Å². The van der Waals surface area contributed by atoms with Crippen molar-refractivity contribution in [2.24, 2.45) is 0 Å². The molecule has 0 saturated heterocycles. The highest BCUT2D eigenvalue weighted by molar-refractivity contribution is 6.18. The van der Waals surface area contributed by atoms with Gasteiger partial charge in [-0.2, -0.15) is 0 Å². The normalized spacial score (nSPS) is 22.4. The van der Waals surface area contributed by atoms with E-state index in [2.05, 4.69) is 43.3 Å². The van der Waals surface area contributed by atoms with E-state index in [1.807, 2.05) is 0 Å². The van der Waals surface area contributed by atoms with Crippen molar-refractivity contribution in [1.82, 2.24) is 0 Å². The lowest BCUT2D eigenvalue weighted by Crippen LogP contribution is -2.29. The summed E-state index contributed by atoms with van der Waals surface area (Å²) in [6.45, 7) is 2.92. The molecule has 0 unspecified atom stereocenters. The van der Waals surface area contributed by atoms with Crippen LogP contribution in [0, 0.1) is 0 Å². The van der Waals surface area contributed by atoms with Crippen molar-refractivity contribution in [3.8, 4) is 0 Å². The molecule has 0 spiro atoms. The Morgan fingerprint density at radius 1 is 1.21 bits per heavy atom. The molecule has 1 nitrogen and oxygen atoms in total. The fraction of sp³-hybridized carbons (Fsp3) is 0.412. The summed E-state index contributed by atoms with van der Waals surface area (Å²) in [5.74, 6) is 0.964. The molecule has 0 radical (unpaired) electrons. The highest BCUT2D eigenvalue weighted by atomic mass is 35.5. The molecule has 100 valence electrons. The van der Waals surface area contributed by atoms with Crippen LogP contribution in [-0.4, -0.2) is 12.0 Å². The molecule has 0 N–H and O–H groups in total. The van der Waals surface area contributed by atoms with Gasteiger partial charge in [-0.1, -0.05) is 49.7 Å². The van der Waals surface area contributed by atoms with Crippen molar-refractivity contribution in [1.29, 1.82) is 0 Å². The predicted molar refractivity (Wildman–Crippen MR) is 80.9 cm³/mol. The van der Waals surface area contributed by atoms with Gasteiger partial charge in [0.15, 0.2) is 0 Å². The highest BCUT2D eigenvalue weighted by Crippen LogP contribution is 2.37. The van der Waals surface area contributed by atoms with E-state index < -0.39 is 0 Å². The van der Waals surface area contributed by atoms with Gasteiger partial charge in [0.05, 0.1) is 12.7 Å². The van der Waals surface area contributed by atoms with Crippen molar-refractivity contribution in [3.63, 3.8) is 0 Å². The maximum absolute atomic E-state index is 6.21. The summed E-state index contributed by atoms with van der Waals surface area (Å²) in [6.07, 6.45) is 2.50. The standard InChI is InChI=1S/C17H19ClO/c1-2-5-17-15(10-18)14-9-8-12-6-3-4-7-13(12)16(14)11-19-17/h3-4,6-9,15,17H,2,5,10-11H2,1H3/t15-,17-/m1/s1. The van der Waals surface area contributed by atoms with Gasteiger partial charge in [0, 0.05) is 11.8 Å². The Morgan fingerprint density at radius 2 is 2.05 bits per heavy atom. The molecule has 2 heteroatoms. The van der Waals surface area contributed by atoms with Gasteiger partial charge in [-0.05, 0) is 28.3 Å². The van der Waals surface area contributed by atoms with E-state index in [4.69, 9.17) is 16.3 Å². The van der Waals surface area contributed by atoms with Crippen LogP contribution in [0.25, 0.3) is 10.8 Å². The molecule has 0 aromatic heterocycles. The molecule has 1 heterocycles. The summed E-state index contributed by atoms with van der Waals surface area (Å²) >= 11 is 6.21. The van der Waals surface area contributed by atoms with Crippen LogP contribution < -0.4 is 0 Å². The number of benzene rings is 2. The Kier molecular flexibility index (Phi) is 3.76. The minimum atomic E-state index is 0.274. The summed E-state index contributed by atoms with van der Waals surface area (Å²) in [4.78, 5) is 0. The summed E-state index contributed by atoms with van der Waals surface area (Å²) in [7, 11) is 0. The minimum Gasteiger partial charge on any atom is -0.373 e. The van der Waals surface area contributed by atoms with Crippen LogP contribution in [0.5, 0.6) is 0 Å². The number of halogens is 1.